The molecule has 18 rings (SSSR count). The van der Waals surface area contributed by atoms with Crippen LogP contribution in [0.1, 0.15) is 245 Å². The number of aromatic nitrogens is 15. The van der Waals surface area contributed by atoms with Gasteiger partial charge in [0.25, 0.3) is 47.8 Å². The van der Waals surface area contributed by atoms with Crippen molar-refractivity contribution in [2.45, 2.75) is 269 Å². The molecular weight excluding hydrogens is 1630 g/mol. The Kier molecular flexibility index (Phi) is 23.4. The molecule has 0 radical (unpaired) electrons. The molecule has 36 heteroatoms. The summed E-state index contributed by atoms with van der Waals surface area (Å²) in [5.41, 5.74) is 2.07. The molecule has 123 heavy (non-hydrogen) atoms. The van der Waals surface area contributed by atoms with Crippen molar-refractivity contribution in [3.05, 3.63) is 126 Å². The van der Waals surface area contributed by atoms with Crippen LogP contribution in [0.5, 0.6) is 17.6 Å². The summed E-state index contributed by atoms with van der Waals surface area (Å²) in [6.07, 6.45) is 32.0. The summed E-state index contributed by atoms with van der Waals surface area (Å²) in [4.78, 5) is 62.1. The van der Waals surface area contributed by atoms with Gasteiger partial charge >= 0.3 is 0 Å². The molecule has 3 saturated carbocycles. The number of pyridine rings is 3. The van der Waals surface area contributed by atoms with E-state index in [1.54, 1.807) is 104 Å². The van der Waals surface area contributed by atoms with E-state index in [4.69, 9.17) is 29.2 Å². The lowest BCUT2D eigenvalue weighted by Crippen LogP contribution is -2.41. The van der Waals surface area contributed by atoms with Crippen LogP contribution in [-0.4, -0.2) is 173 Å². The summed E-state index contributed by atoms with van der Waals surface area (Å²) >= 11 is 0. The Hall–Kier alpha value is -10.2. The molecule has 660 valence electrons. The molecule has 3 unspecified atom stereocenters. The van der Waals surface area contributed by atoms with Crippen LogP contribution in [-0.2, 0) is 49.7 Å². The Bertz CT molecular complexity index is 5270. The first kappa shape index (κ1) is 86.3. The number of carbonyl (C=O) groups is 3. The normalized spacial score (nSPS) is 22.8. The van der Waals surface area contributed by atoms with Crippen molar-refractivity contribution in [3.8, 4) is 35.1 Å². The van der Waals surface area contributed by atoms with Crippen LogP contribution in [0.25, 0.3) is 17.5 Å². The maximum atomic E-state index is 13.6. The van der Waals surface area contributed by atoms with Gasteiger partial charge in [0.1, 0.15) is 32.1 Å². The SMILES string of the molecule is Cc1nn2cc1S(=O)(=O)NC(=O)c1ccc(-n3ccc(OCCC4(C)CC4)n3)nc1N1CC(CCCC2)CC1(C)C.Cc1nn2cc1S(=O)(=O)NC(=O)c1ccc(-n3ccc(OCCC4(C)CC4)n3)nc1N1CC(CCCC2)CC1(C)C.Cc1nn2cc1S(=O)(=O)NC(=O)c1ccc(-n3ccc(OCCC4(C)CC4)n3)nc1N1CC(CCCC2)CC1(C)C. The van der Waals surface area contributed by atoms with Crippen molar-refractivity contribution in [2.24, 2.45) is 34.0 Å². The Labute approximate surface area is 720 Å². The van der Waals surface area contributed by atoms with E-state index in [9.17, 15) is 39.6 Å². The largest absolute Gasteiger partial charge is 0.477 e. The van der Waals surface area contributed by atoms with E-state index in [2.05, 4.69) is 122 Å². The van der Waals surface area contributed by atoms with E-state index in [1.165, 1.54) is 57.1 Å². The number of amides is 3. The number of aryl methyl sites for hydroxylation is 6. The minimum absolute atomic E-state index is 0.00811. The van der Waals surface area contributed by atoms with E-state index in [-0.39, 0.29) is 48.0 Å². The second-order valence-corrected chi connectivity index (χ2v) is 43.4. The Balaban J connectivity index is 0.000000137. The summed E-state index contributed by atoms with van der Waals surface area (Å²) in [6.45, 7) is 30.6. The fourth-order valence-electron chi connectivity index (χ4n) is 18.3. The van der Waals surface area contributed by atoms with E-state index < -0.39 is 47.8 Å². The average molecular weight is 1750 g/mol. The fraction of sp³-hybridized carbons (Fsp3) is 0.586. The van der Waals surface area contributed by atoms with Crippen molar-refractivity contribution in [1.82, 2.24) is 87.8 Å². The number of carbonyl (C=O) groups excluding carboxylic acids is 3. The van der Waals surface area contributed by atoms with Gasteiger partial charge in [-0.2, -0.15) is 15.3 Å². The molecule has 12 bridgehead atoms. The summed E-state index contributed by atoms with van der Waals surface area (Å²) in [5.74, 6) is 3.59. The predicted molar refractivity (Wildman–Crippen MR) is 461 cm³/mol. The highest BCUT2D eigenvalue weighted by Gasteiger charge is 2.46. The van der Waals surface area contributed by atoms with Crippen LogP contribution < -0.4 is 43.1 Å². The van der Waals surface area contributed by atoms with Crippen LogP contribution in [0, 0.1) is 54.8 Å². The van der Waals surface area contributed by atoms with Crippen molar-refractivity contribution in [2.75, 3.05) is 54.2 Å². The number of rotatable bonds is 15. The zero-order valence-corrected chi connectivity index (χ0v) is 75.2. The summed E-state index contributed by atoms with van der Waals surface area (Å²) in [7, 11) is -12.4. The highest BCUT2D eigenvalue weighted by atomic mass is 32.2. The number of nitrogens with one attached hydrogen (secondary N) is 3. The van der Waals surface area contributed by atoms with E-state index >= 15 is 0 Å². The second kappa shape index (κ2) is 33.4. The molecule has 6 aliphatic heterocycles. The Morgan fingerprint density at radius 3 is 0.902 bits per heavy atom. The minimum atomic E-state index is -4.14. The second-order valence-electron chi connectivity index (χ2n) is 38.4. The molecule has 9 aliphatic rings. The van der Waals surface area contributed by atoms with E-state index in [0.717, 1.165) is 116 Å². The number of hydrogen-bond donors (Lipinski definition) is 3. The van der Waals surface area contributed by atoms with E-state index in [0.29, 0.717) is 143 Å². The molecule has 3 amide bonds. The zero-order chi connectivity index (χ0) is 87.0. The first-order valence-electron chi connectivity index (χ1n) is 43.5. The van der Waals surface area contributed by atoms with Gasteiger partial charge in [-0.25, -0.2) is 68.4 Å². The molecule has 3 N–H and O–H groups in total. The Morgan fingerprint density at radius 1 is 0.374 bits per heavy atom. The molecule has 3 saturated heterocycles. The average Bonchev–Trinajstić information content (AvgIpc) is 1.62. The number of sulfonamides is 3. The standard InChI is InChI=1S/3C29H39N7O4S/c3*1-20-23-19-34(31-20)14-6-5-7-21-17-28(2,3)35(18-21)26-22(27(37)33-41(23,38)39)8-9-24(30-26)36-15-10-25(32-36)40-16-13-29(4)11-12-29/h3*8-10,15,19,21H,5-7,11-14,16-18H2,1-4H3,(H,33,37). The summed E-state index contributed by atoms with van der Waals surface area (Å²) < 4.78 is 114. The predicted octanol–water partition coefficient (Wildman–Crippen LogP) is 12.7. The molecule has 6 fully saturated rings. The van der Waals surface area contributed by atoms with E-state index in [1.807, 2.05) is 18.2 Å². The molecule has 0 spiro atoms. The lowest BCUT2D eigenvalue weighted by molar-refractivity contribution is 0.0972. The lowest BCUT2D eigenvalue weighted by Gasteiger charge is -2.34. The van der Waals surface area contributed by atoms with Gasteiger partial charge in [0.15, 0.2) is 17.5 Å². The highest BCUT2D eigenvalue weighted by Crippen LogP contribution is 2.51. The number of fused-ring (bicyclic) bond motifs is 18. The van der Waals surface area contributed by atoms with Gasteiger partial charge in [-0.15, -0.1) is 15.3 Å². The van der Waals surface area contributed by atoms with Gasteiger partial charge in [0.05, 0.1) is 53.6 Å². The molecule has 9 aromatic heterocycles. The minimum Gasteiger partial charge on any atom is -0.477 e. The molecule has 9 aromatic rings. The van der Waals surface area contributed by atoms with Gasteiger partial charge in [-0.05, 0) is 248 Å². The van der Waals surface area contributed by atoms with Gasteiger partial charge in [-0.3, -0.25) is 28.4 Å². The first-order chi connectivity index (χ1) is 58.3. The third-order valence-corrected chi connectivity index (χ3v) is 30.8. The maximum absolute atomic E-state index is 13.6. The maximum Gasteiger partial charge on any atom is 0.268 e. The molecule has 3 atom stereocenters. The number of anilines is 3. The molecular formula is C87H117N21O12S3. The third-order valence-electron chi connectivity index (χ3n) is 26.5. The lowest BCUT2D eigenvalue weighted by atomic mass is 9.93. The zero-order valence-electron chi connectivity index (χ0n) is 72.8. The molecule has 15 heterocycles. The smallest absolute Gasteiger partial charge is 0.268 e. The van der Waals surface area contributed by atoms with Crippen molar-refractivity contribution in [3.63, 3.8) is 0 Å². The van der Waals surface area contributed by atoms with Crippen LogP contribution in [0.2, 0.25) is 0 Å². The van der Waals surface area contributed by atoms with Crippen LogP contribution in [0.3, 0.4) is 0 Å². The van der Waals surface area contributed by atoms with Crippen molar-refractivity contribution < 1.29 is 53.8 Å². The van der Waals surface area contributed by atoms with Crippen LogP contribution in [0.4, 0.5) is 17.5 Å². The van der Waals surface area contributed by atoms with Crippen molar-refractivity contribution >= 4 is 65.2 Å². The number of ether oxygens (including phenoxy) is 3. The number of nitrogens with zero attached hydrogens (tertiary/aromatic N) is 18. The molecule has 0 aromatic carbocycles. The van der Waals surface area contributed by atoms with Crippen molar-refractivity contribution in [1.29, 1.82) is 0 Å². The molecule has 33 nitrogen and oxygen atoms in total. The topological polar surface area (TPSA) is 373 Å². The fourth-order valence-corrected chi connectivity index (χ4v) is 21.8. The molecule has 3 aliphatic carbocycles. The quantitative estimate of drug-likeness (QED) is 0.0858. The summed E-state index contributed by atoms with van der Waals surface area (Å²) in [6, 6.07) is 15.4. The Morgan fingerprint density at radius 2 is 0.642 bits per heavy atom. The highest BCUT2D eigenvalue weighted by molar-refractivity contribution is 7.90. The van der Waals surface area contributed by atoms with Gasteiger partial charge in [0, 0.05) is 111 Å². The third kappa shape index (κ3) is 19.5. The first-order valence-corrected chi connectivity index (χ1v) is 48.0. The van der Waals surface area contributed by atoms with Gasteiger partial charge in [-0.1, -0.05) is 40.0 Å². The van der Waals surface area contributed by atoms with Gasteiger partial charge < -0.3 is 28.9 Å². The summed E-state index contributed by atoms with van der Waals surface area (Å²) in [5, 5.41) is 26.9. The monoisotopic (exact) mass is 1740 g/mol. The van der Waals surface area contributed by atoms with Crippen LogP contribution >= 0.6 is 0 Å². The van der Waals surface area contributed by atoms with Gasteiger partial charge in [0.2, 0.25) is 17.6 Å². The number of hydrogen-bond acceptors (Lipinski definition) is 24. The van der Waals surface area contributed by atoms with Crippen LogP contribution in [0.15, 0.2) is 106 Å².